The molecule has 0 aliphatic heterocycles. The number of carbonyl (C=O) groups is 2. The third-order valence-electron chi connectivity index (χ3n) is 11.8. The minimum atomic E-state index is -4.25. The fourth-order valence-corrected chi connectivity index (χ4v) is 23.1. The van der Waals surface area contributed by atoms with Crippen LogP contribution in [-0.4, -0.2) is 63.3 Å². The molecule has 61 heavy (non-hydrogen) atoms. The van der Waals surface area contributed by atoms with E-state index in [1.807, 2.05) is 47.0 Å². The minimum absolute atomic E-state index is 0.0662. The second kappa shape index (κ2) is 49.1. The van der Waals surface area contributed by atoms with Crippen LogP contribution < -0.4 is 0 Å². The zero-order chi connectivity index (χ0) is 44.8. The van der Waals surface area contributed by atoms with Gasteiger partial charge in [0.05, 0.1) is 0 Å². The molecule has 0 aliphatic rings. The van der Waals surface area contributed by atoms with E-state index in [9.17, 15) is 9.59 Å². The molecule has 0 saturated carbocycles. The van der Waals surface area contributed by atoms with Crippen molar-refractivity contribution in [1.82, 2.24) is 0 Å². The first-order valence-corrected chi connectivity index (χ1v) is 37.4. The second-order valence-corrected chi connectivity index (χ2v) is 32.7. The van der Waals surface area contributed by atoms with E-state index in [-0.39, 0.29) is 21.1 Å². The maximum atomic E-state index is 14.7. The van der Waals surface area contributed by atoms with E-state index in [1.54, 1.807) is 0 Å². The van der Waals surface area contributed by atoms with Gasteiger partial charge in [-0.3, -0.25) is 0 Å². The van der Waals surface area contributed by atoms with Gasteiger partial charge in [-0.1, -0.05) is 0 Å². The third-order valence-corrected chi connectivity index (χ3v) is 27.2. The molecule has 0 aromatic rings. The Morgan fingerprint density at radius 2 is 0.508 bits per heavy atom. The maximum absolute atomic E-state index is 14.7. The van der Waals surface area contributed by atoms with Gasteiger partial charge in [-0.2, -0.15) is 0 Å². The quantitative estimate of drug-likeness (QED) is 0.0339. The van der Waals surface area contributed by atoms with Gasteiger partial charge in [-0.15, -0.1) is 0 Å². The Labute approximate surface area is 404 Å². The number of carbonyl (C=O) groups excluding carboxylic acids is 2. The third kappa shape index (κ3) is 40.0. The van der Waals surface area contributed by atoms with Crippen molar-refractivity contribution in [2.75, 3.05) is 23.0 Å². The van der Waals surface area contributed by atoms with Gasteiger partial charge >= 0.3 is 408 Å². The molecule has 0 amide bonds. The monoisotopic (exact) mass is 1040 g/mol. The molecule has 0 aromatic heterocycles. The van der Waals surface area contributed by atoms with E-state index in [2.05, 4.69) is 41.5 Å². The summed E-state index contributed by atoms with van der Waals surface area (Å²) in [5, 5.41) is 0. The molecule has 0 radical (unpaired) electrons. The van der Waals surface area contributed by atoms with Crippen LogP contribution in [-0.2, 0) is 15.7 Å². The van der Waals surface area contributed by atoms with Crippen LogP contribution in [0, 0.1) is 0 Å². The molecule has 0 atom stereocenters. The zero-order valence-corrected chi connectivity index (χ0v) is 47.7. The van der Waals surface area contributed by atoms with E-state index in [1.165, 1.54) is 180 Å². The molecule has 0 aliphatic carbocycles. The van der Waals surface area contributed by atoms with Gasteiger partial charge in [0.15, 0.2) is 0 Å². The molecule has 0 N–H and O–H groups in total. The molecule has 364 valence electrons. The number of thioether (sulfide) groups is 4. The summed E-state index contributed by atoms with van der Waals surface area (Å²) in [4.78, 5) is 29.4. The SMILES string of the molecule is CCCCCCCCSC(SCCCCCCCC)C(=O)[O][Sn]([CH2]CCCCCCC)([CH2]CCCCCCC)[O]C(=O)C(SCCCCCCCC)SCCCCCCCC. The van der Waals surface area contributed by atoms with Crippen molar-refractivity contribution in [2.45, 2.75) is 291 Å². The number of unbranched alkanes of at least 4 members (excludes halogenated alkanes) is 30. The van der Waals surface area contributed by atoms with Crippen LogP contribution in [0.15, 0.2) is 0 Å². The Bertz CT molecular complexity index is 820. The number of rotatable bonds is 50. The van der Waals surface area contributed by atoms with E-state index in [0.717, 1.165) is 83.3 Å². The van der Waals surface area contributed by atoms with Gasteiger partial charge in [-0.25, -0.2) is 0 Å². The molecule has 9 heteroatoms. The fourth-order valence-electron chi connectivity index (χ4n) is 7.82. The van der Waals surface area contributed by atoms with Crippen LogP contribution in [0.4, 0.5) is 0 Å². The van der Waals surface area contributed by atoms with E-state index >= 15 is 0 Å². The van der Waals surface area contributed by atoms with E-state index in [4.69, 9.17) is 6.15 Å². The summed E-state index contributed by atoms with van der Waals surface area (Å²) in [6.45, 7) is 13.7. The summed E-state index contributed by atoms with van der Waals surface area (Å²) in [7, 11) is 0. The van der Waals surface area contributed by atoms with Gasteiger partial charge in [-0.05, 0) is 0 Å². The first kappa shape index (κ1) is 62.1. The molecular formula is C52H104O4S4Sn. The summed E-state index contributed by atoms with van der Waals surface area (Å²) in [6, 6.07) is 0. The molecular weight excluding hydrogens is 936 g/mol. The second-order valence-electron chi connectivity index (χ2n) is 18.0. The predicted octanol–water partition coefficient (Wildman–Crippen LogP) is 19.3. The Morgan fingerprint density at radius 3 is 0.738 bits per heavy atom. The van der Waals surface area contributed by atoms with Gasteiger partial charge in [0.2, 0.25) is 0 Å². The number of hydrogen-bond acceptors (Lipinski definition) is 8. The number of hydrogen-bond donors (Lipinski definition) is 0. The van der Waals surface area contributed by atoms with Crippen LogP contribution >= 0.6 is 47.0 Å². The Morgan fingerprint density at radius 1 is 0.311 bits per heavy atom. The van der Waals surface area contributed by atoms with Crippen molar-refractivity contribution in [3.05, 3.63) is 0 Å². The molecule has 0 saturated heterocycles. The van der Waals surface area contributed by atoms with Crippen molar-refractivity contribution in [2.24, 2.45) is 0 Å². The summed E-state index contributed by atoms with van der Waals surface area (Å²) in [5.74, 6) is 3.86. The molecule has 0 fully saturated rings. The summed E-state index contributed by atoms with van der Waals surface area (Å²) in [6.07, 6.45) is 44.6. The molecule has 0 spiro atoms. The molecule has 0 heterocycles. The van der Waals surface area contributed by atoms with Crippen molar-refractivity contribution < 1.29 is 15.7 Å². The Kier molecular flexibility index (Phi) is 50.0. The first-order valence-electron chi connectivity index (χ1n) is 26.8. The average molecular weight is 1040 g/mol. The summed E-state index contributed by atoms with van der Waals surface area (Å²) < 4.78 is 15.2. The normalized spacial score (nSPS) is 11.9. The van der Waals surface area contributed by atoms with Crippen LogP contribution in [0.1, 0.15) is 273 Å². The van der Waals surface area contributed by atoms with Crippen molar-refractivity contribution in [1.29, 1.82) is 0 Å². The van der Waals surface area contributed by atoms with Crippen molar-refractivity contribution >= 4 is 78.2 Å². The predicted molar refractivity (Wildman–Crippen MR) is 285 cm³/mol. The van der Waals surface area contributed by atoms with Gasteiger partial charge in [0.1, 0.15) is 0 Å². The summed E-state index contributed by atoms with van der Waals surface area (Å²) in [5.41, 5.74) is 0. The van der Waals surface area contributed by atoms with Crippen LogP contribution in [0.25, 0.3) is 0 Å². The molecule has 0 rings (SSSR count). The molecule has 0 unspecified atom stereocenters. The van der Waals surface area contributed by atoms with Crippen LogP contribution in [0.5, 0.6) is 0 Å². The van der Waals surface area contributed by atoms with Gasteiger partial charge in [0, 0.05) is 0 Å². The van der Waals surface area contributed by atoms with Crippen LogP contribution in [0.2, 0.25) is 8.87 Å². The molecule has 0 bridgehead atoms. The molecule has 4 nitrogen and oxygen atoms in total. The zero-order valence-electron chi connectivity index (χ0n) is 41.6. The van der Waals surface area contributed by atoms with Crippen LogP contribution in [0.3, 0.4) is 0 Å². The Hall–Kier alpha value is 1.14. The fraction of sp³-hybridized carbons (Fsp3) is 0.962. The van der Waals surface area contributed by atoms with Crippen molar-refractivity contribution in [3.63, 3.8) is 0 Å². The topological polar surface area (TPSA) is 52.6 Å². The first-order chi connectivity index (χ1) is 29.9. The Balaban J connectivity index is 6.38. The van der Waals surface area contributed by atoms with Crippen molar-refractivity contribution in [3.8, 4) is 0 Å². The van der Waals surface area contributed by atoms with Gasteiger partial charge < -0.3 is 0 Å². The van der Waals surface area contributed by atoms with E-state index in [0.29, 0.717) is 0 Å². The standard InChI is InChI=1S/2C18H36O2S2.2C8H17.Sn/c2*1-3-5-7-9-11-13-15-21-18(17(19)20)22-16-14-12-10-8-6-4-2;2*1-3-5-7-8-6-4-2;/h2*18H,3-16H2,1-2H3,(H,19,20);2*1,3-8H2,2H3;/q;;;;+2/p-2. The molecule has 0 aromatic carbocycles. The average Bonchev–Trinajstić information content (AvgIpc) is 3.25. The summed E-state index contributed by atoms with van der Waals surface area (Å²) >= 11 is 3.03. The van der Waals surface area contributed by atoms with Gasteiger partial charge in [0.25, 0.3) is 0 Å². The van der Waals surface area contributed by atoms with E-state index < -0.39 is 19.2 Å².